The Labute approximate surface area is 165 Å². The van der Waals surface area contributed by atoms with Crippen molar-refractivity contribution in [1.29, 1.82) is 0 Å². The van der Waals surface area contributed by atoms with Crippen LogP contribution in [0.5, 0.6) is 5.75 Å². The lowest BCUT2D eigenvalue weighted by molar-refractivity contribution is 0.224. The minimum Gasteiger partial charge on any atom is -0.489 e. The van der Waals surface area contributed by atoms with E-state index in [1.807, 2.05) is 55.7 Å². The molecule has 0 aliphatic rings. The molecule has 1 atom stereocenters. The SMILES string of the molecule is CN=C(NCCn1cccc1)NCC(C)Oc1ccc(Cl)cc1.I. The van der Waals surface area contributed by atoms with E-state index in [2.05, 4.69) is 20.2 Å². The largest absolute Gasteiger partial charge is 0.489 e. The molecule has 1 aromatic heterocycles. The van der Waals surface area contributed by atoms with Gasteiger partial charge in [0.25, 0.3) is 0 Å². The molecule has 1 heterocycles. The summed E-state index contributed by atoms with van der Waals surface area (Å²) in [4.78, 5) is 4.21. The molecule has 5 nitrogen and oxygen atoms in total. The van der Waals surface area contributed by atoms with Crippen LogP contribution in [0.25, 0.3) is 0 Å². The van der Waals surface area contributed by atoms with Gasteiger partial charge in [-0.1, -0.05) is 11.6 Å². The van der Waals surface area contributed by atoms with Gasteiger partial charge in [0, 0.05) is 37.6 Å². The van der Waals surface area contributed by atoms with Gasteiger partial charge in [0.05, 0.1) is 6.54 Å². The summed E-state index contributed by atoms with van der Waals surface area (Å²) in [7, 11) is 1.76. The number of ether oxygens (including phenoxy) is 1. The summed E-state index contributed by atoms with van der Waals surface area (Å²) in [5.41, 5.74) is 0. The lowest BCUT2D eigenvalue weighted by Gasteiger charge is -2.18. The Morgan fingerprint density at radius 2 is 1.88 bits per heavy atom. The summed E-state index contributed by atoms with van der Waals surface area (Å²) in [5, 5.41) is 7.24. The lowest BCUT2D eigenvalue weighted by Crippen LogP contribution is -2.42. The van der Waals surface area contributed by atoms with Crippen molar-refractivity contribution in [3.05, 3.63) is 53.8 Å². The zero-order chi connectivity index (χ0) is 16.5. The number of aliphatic imine (C=N–C) groups is 1. The summed E-state index contributed by atoms with van der Waals surface area (Å²) in [6, 6.07) is 11.4. The molecule has 0 amide bonds. The van der Waals surface area contributed by atoms with E-state index in [4.69, 9.17) is 16.3 Å². The minimum absolute atomic E-state index is 0. The summed E-state index contributed by atoms with van der Waals surface area (Å²) in [6.07, 6.45) is 4.10. The Morgan fingerprint density at radius 1 is 1.21 bits per heavy atom. The predicted octanol–water partition coefficient (Wildman–Crippen LogP) is 3.39. The molecule has 2 aromatic rings. The van der Waals surface area contributed by atoms with E-state index >= 15 is 0 Å². The fourth-order valence-electron chi connectivity index (χ4n) is 2.07. The van der Waals surface area contributed by atoms with Crippen LogP contribution in [0.15, 0.2) is 53.8 Å². The summed E-state index contributed by atoms with van der Waals surface area (Å²) >= 11 is 5.86. The van der Waals surface area contributed by atoms with Gasteiger partial charge in [-0.15, -0.1) is 24.0 Å². The molecule has 7 heteroatoms. The quantitative estimate of drug-likeness (QED) is 0.377. The van der Waals surface area contributed by atoms with Crippen molar-refractivity contribution in [3.8, 4) is 5.75 Å². The first-order valence-corrected chi connectivity index (χ1v) is 8.02. The first-order chi connectivity index (χ1) is 11.2. The maximum absolute atomic E-state index is 5.86. The Morgan fingerprint density at radius 3 is 2.50 bits per heavy atom. The van der Waals surface area contributed by atoms with Crippen molar-refractivity contribution in [2.75, 3.05) is 20.1 Å². The van der Waals surface area contributed by atoms with E-state index in [1.54, 1.807) is 7.05 Å². The topological polar surface area (TPSA) is 50.6 Å². The molecule has 0 spiro atoms. The first-order valence-electron chi connectivity index (χ1n) is 7.65. The van der Waals surface area contributed by atoms with Crippen LogP contribution >= 0.6 is 35.6 Å². The fourth-order valence-corrected chi connectivity index (χ4v) is 2.20. The molecule has 0 fully saturated rings. The fraction of sp³-hybridized carbons (Fsp3) is 0.353. The second kappa shape index (κ2) is 11.2. The van der Waals surface area contributed by atoms with Crippen molar-refractivity contribution in [3.63, 3.8) is 0 Å². The van der Waals surface area contributed by atoms with Crippen LogP contribution in [0.3, 0.4) is 0 Å². The van der Waals surface area contributed by atoms with Crippen molar-refractivity contribution in [2.24, 2.45) is 4.99 Å². The molecule has 0 saturated carbocycles. The highest BCUT2D eigenvalue weighted by Gasteiger charge is 2.05. The third-order valence-corrected chi connectivity index (χ3v) is 3.51. The zero-order valence-electron chi connectivity index (χ0n) is 13.9. The molecule has 0 aliphatic carbocycles. The van der Waals surface area contributed by atoms with E-state index in [9.17, 15) is 0 Å². The summed E-state index contributed by atoms with van der Waals surface area (Å²) in [5.74, 6) is 1.57. The third-order valence-electron chi connectivity index (χ3n) is 3.26. The second-order valence-corrected chi connectivity index (χ2v) is 5.62. The number of hydrogen-bond acceptors (Lipinski definition) is 2. The van der Waals surface area contributed by atoms with E-state index in [1.165, 1.54) is 0 Å². The van der Waals surface area contributed by atoms with Gasteiger partial charge in [0.15, 0.2) is 5.96 Å². The number of nitrogens with one attached hydrogen (secondary N) is 2. The van der Waals surface area contributed by atoms with Crippen LogP contribution in [-0.2, 0) is 6.54 Å². The highest BCUT2D eigenvalue weighted by atomic mass is 127. The standard InChI is InChI=1S/C17H23ClN4O.HI/c1-14(23-16-7-5-15(18)6-8-16)13-21-17(19-2)20-9-12-22-10-3-4-11-22;/h3-8,10-11,14H,9,12-13H2,1-2H3,(H2,19,20,21);1H. The molecule has 132 valence electrons. The van der Waals surface area contributed by atoms with Crippen LogP contribution in [-0.4, -0.2) is 36.8 Å². The van der Waals surface area contributed by atoms with Crippen molar-refractivity contribution >= 4 is 41.5 Å². The molecule has 2 N–H and O–H groups in total. The highest BCUT2D eigenvalue weighted by Crippen LogP contribution is 2.16. The number of aromatic nitrogens is 1. The third kappa shape index (κ3) is 7.44. The van der Waals surface area contributed by atoms with Crippen molar-refractivity contribution in [2.45, 2.75) is 19.6 Å². The molecule has 24 heavy (non-hydrogen) atoms. The van der Waals surface area contributed by atoms with Crippen LogP contribution in [0, 0.1) is 0 Å². The number of guanidine groups is 1. The van der Waals surface area contributed by atoms with Crippen molar-refractivity contribution in [1.82, 2.24) is 15.2 Å². The van der Waals surface area contributed by atoms with Crippen molar-refractivity contribution < 1.29 is 4.74 Å². The maximum atomic E-state index is 5.86. The molecule has 0 radical (unpaired) electrons. The van der Waals surface area contributed by atoms with Gasteiger partial charge >= 0.3 is 0 Å². The number of benzene rings is 1. The van der Waals surface area contributed by atoms with E-state index < -0.39 is 0 Å². The van der Waals surface area contributed by atoms with E-state index in [0.717, 1.165) is 24.8 Å². The second-order valence-electron chi connectivity index (χ2n) is 5.18. The van der Waals surface area contributed by atoms with Gasteiger partial charge < -0.3 is 19.9 Å². The van der Waals surface area contributed by atoms with Crippen LogP contribution in [0.4, 0.5) is 0 Å². The smallest absolute Gasteiger partial charge is 0.191 e. The molecular formula is C17H24ClIN4O. The lowest BCUT2D eigenvalue weighted by atomic mass is 10.3. The molecule has 0 saturated heterocycles. The van der Waals surface area contributed by atoms with E-state index in [-0.39, 0.29) is 30.1 Å². The average molecular weight is 463 g/mol. The predicted molar refractivity (Wildman–Crippen MR) is 111 cm³/mol. The van der Waals surface area contributed by atoms with E-state index in [0.29, 0.717) is 11.6 Å². The average Bonchev–Trinajstić information content (AvgIpc) is 3.06. The Balaban J connectivity index is 0.00000288. The maximum Gasteiger partial charge on any atom is 0.191 e. The molecular weight excluding hydrogens is 439 g/mol. The molecule has 1 aromatic carbocycles. The van der Waals surface area contributed by atoms with Gasteiger partial charge in [0.1, 0.15) is 11.9 Å². The Bertz CT molecular complexity index is 602. The van der Waals surface area contributed by atoms with Crippen LogP contribution in [0.1, 0.15) is 6.92 Å². The van der Waals surface area contributed by atoms with Crippen LogP contribution in [0.2, 0.25) is 5.02 Å². The number of hydrogen-bond donors (Lipinski definition) is 2. The molecule has 0 bridgehead atoms. The Kier molecular flexibility index (Phi) is 9.63. The van der Waals surface area contributed by atoms with Gasteiger partial charge in [-0.05, 0) is 43.3 Å². The number of halogens is 2. The highest BCUT2D eigenvalue weighted by molar-refractivity contribution is 14.0. The van der Waals surface area contributed by atoms with Gasteiger partial charge in [-0.25, -0.2) is 0 Å². The monoisotopic (exact) mass is 462 g/mol. The number of rotatable bonds is 7. The Hall–Kier alpha value is -1.41. The zero-order valence-corrected chi connectivity index (χ0v) is 17.0. The summed E-state index contributed by atoms with van der Waals surface area (Å²) < 4.78 is 7.94. The van der Waals surface area contributed by atoms with Gasteiger partial charge in [0.2, 0.25) is 0 Å². The normalized spacial score (nSPS) is 12.2. The van der Waals surface area contributed by atoms with Crippen LogP contribution < -0.4 is 15.4 Å². The minimum atomic E-state index is 0. The molecule has 0 aliphatic heterocycles. The summed E-state index contributed by atoms with van der Waals surface area (Å²) in [6.45, 7) is 4.37. The molecule has 2 rings (SSSR count). The first kappa shape index (κ1) is 20.6. The number of nitrogens with zero attached hydrogens (tertiary/aromatic N) is 2. The van der Waals surface area contributed by atoms with Gasteiger partial charge in [-0.2, -0.15) is 0 Å². The molecule has 1 unspecified atom stereocenters. The van der Waals surface area contributed by atoms with Gasteiger partial charge in [-0.3, -0.25) is 4.99 Å².